The highest BCUT2D eigenvalue weighted by molar-refractivity contribution is 5.94. The smallest absolute Gasteiger partial charge is 0.254 e. The van der Waals surface area contributed by atoms with Crippen LogP contribution >= 0.6 is 0 Å². The Kier molecular flexibility index (Phi) is 5.32. The molecule has 0 unspecified atom stereocenters. The summed E-state index contributed by atoms with van der Waals surface area (Å²) in [6.45, 7) is 6.18. The van der Waals surface area contributed by atoms with Crippen LogP contribution < -0.4 is 5.56 Å². The van der Waals surface area contributed by atoms with Crippen molar-refractivity contribution in [1.29, 1.82) is 0 Å². The van der Waals surface area contributed by atoms with Gasteiger partial charge in [0.15, 0.2) is 0 Å². The number of carbonyl (C=O) groups excluding carboxylic acids is 1. The van der Waals surface area contributed by atoms with Crippen LogP contribution in [0, 0.1) is 5.82 Å². The second-order valence-electron chi connectivity index (χ2n) is 5.43. The lowest BCUT2D eigenvalue weighted by molar-refractivity contribution is 0.0702. The monoisotopic (exact) mass is 316 g/mol. The normalized spacial score (nSPS) is 12.0. The van der Waals surface area contributed by atoms with Crippen LogP contribution in [0.3, 0.4) is 0 Å². The zero-order chi connectivity index (χ0) is 17.0. The summed E-state index contributed by atoms with van der Waals surface area (Å²) in [6.07, 6.45) is 0.649. The van der Waals surface area contributed by atoms with E-state index in [1.54, 1.807) is 23.1 Å². The number of amides is 1. The maximum Gasteiger partial charge on any atom is 0.254 e. The van der Waals surface area contributed by atoms with E-state index in [0.29, 0.717) is 18.5 Å². The number of H-pyrrole nitrogens is 1. The number of hydrogen-bond donors (Lipinski definition) is 1. The first-order valence-electron chi connectivity index (χ1n) is 7.76. The van der Waals surface area contributed by atoms with Crippen molar-refractivity contribution >= 4 is 5.91 Å². The highest BCUT2D eigenvalue weighted by atomic mass is 19.1. The van der Waals surface area contributed by atoms with Gasteiger partial charge in [0.2, 0.25) is 5.56 Å². The van der Waals surface area contributed by atoms with E-state index in [1.165, 1.54) is 18.2 Å². The molecular formula is C18H21FN2O2. The zero-order valence-corrected chi connectivity index (χ0v) is 13.6. The summed E-state index contributed by atoms with van der Waals surface area (Å²) in [4.78, 5) is 28.8. The molecule has 1 N–H and O–H groups in total. The van der Waals surface area contributed by atoms with Crippen LogP contribution in [0.15, 0.2) is 41.2 Å². The van der Waals surface area contributed by atoms with Gasteiger partial charge in [0.25, 0.3) is 5.91 Å². The predicted octanol–water partition coefficient (Wildman–Crippen LogP) is 3.30. The van der Waals surface area contributed by atoms with E-state index < -0.39 is 0 Å². The molecule has 2 aromatic rings. The van der Waals surface area contributed by atoms with E-state index in [-0.39, 0.29) is 23.3 Å². The number of aromatic nitrogens is 1. The molecule has 0 fully saturated rings. The Balaban J connectivity index is 2.32. The maximum atomic E-state index is 13.1. The number of nitrogens with zero attached hydrogens (tertiary/aromatic N) is 1. The molecular weight excluding hydrogens is 295 g/mol. The lowest BCUT2D eigenvalue weighted by Crippen LogP contribution is -2.34. The second-order valence-corrected chi connectivity index (χ2v) is 5.43. The average molecular weight is 316 g/mol. The number of halogens is 1. The number of aromatic amines is 1. The van der Waals surface area contributed by atoms with Crippen molar-refractivity contribution in [2.45, 2.75) is 33.2 Å². The Hall–Kier alpha value is -2.43. The number of nitrogens with one attached hydrogen (secondary N) is 1. The molecule has 1 amide bonds. The molecule has 0 aliphatic carbocycles. The zero-order valence-electron chi connectivity index (χ0n) is 13.6. The molecule has 122 valence electrons. The molecule has 1 atom stereocenters. The Bertz CT molecular complexity index is 737. The third kappa shape index (κ3) is 3.86. The van der Waals surface area contributed by atoms with E-state index in [2.05, 4.69) is 4.98 Å². The number of rotatable bonds is 5. The lowest BCUT2D eigenvalue weighted by atomic mass is 10.1. The molecule has 23 heavy (non-hydrogen) atoms. The van der Waals surface area contributed by atoms with Crippen LogP contribution in [0.25, 0.3) is 0 Å². The molecule has 1 aromatic carbocycles. The van der Waals surface area contributed by atoms with Gasteiger partial charge < -0.3 is 9.88 Å². The molecule has 0 aliphatic rings. The van der Waals surface area contributed by atoms with Crippen molar-refractivity contribution in [3.8, 4) is 0 Å². The summed E-state index contributed by atoms with van der Waals surface area (Å²) < 4.78 is 13.1. The van der Waals surface area contributed by atoms with Crippen molar-refractivity contribution in [2.75, 3.05) is 6.54 Å². The summed E-state index contributed by atoms with van der Waals surface area (Å²) >= 11 is 0. The summed E-state index contributed by atoms with van der Waals surface area (Å²) in [5.74, 6) is -0.511. The highest BCUT2D eigenvalue weighted by Gasteiger charge is 2.22. The number of hydrogen-bond acceptors (Lipinski definition) is 2. The van der Waals surface area contributed by atoms with Crippen molar-refractivity contribution in [2.24, 2.45) is 0 Å². The Morgan fingerprint density at radius 2 is 1.87 bits per heavy atom. The molecule has 1 aromatic heterocycles. The molecule has 0 aliphatic heterocycles. The number of benzene rings is 1. The summed E-state index contributed by atoms with van der Waals surface area (Å²) in [7, 11) is 0. The first-order chi connectivity index (χ1) is 11.0. The van der Waals surface area contributed by atoms with Crippen molar-refractivity contribution < 1.29 is 9.18 Å². The Labute approximate surface area is 135 Å². The van der Waals surface area contributed by atoms with E-state index in [9.17, 15) is 14.0 Å². The predicted molar refractivity (Wildman–Crippen MR) is 88.0 cm³/mol. The Morgan fingerprint density at radius 1 is 1.22 bits per heavy atom. The lowest BCUT2D eigenvalue weighted by Gasteiger charge is -2.28. The van der Waals surface area contributed by atoms with Gasteiger partial charge >= 0.3 is 0 Å². The van der Waals surface area contributed by atoms with Gasteiger partial charge in [0.05, 0.1) is 6.04 Å². The SMILES string of the molecule is CCc1cc(C(=O)N(CC)[C@H](C)c2ccc(F)cc2)cc(=O)[nH]1. The van der Waals surface area contributed by atoms with Gasteiger partial charge in [0, 0.05) is 23.9 Å². The summed E-state index contributed by atoms with van der Waals surface area (Å²) in [5.41, 5.74) is 1.67. The maximum absolute atomic E-state index is 13.1. The summed E-state index contributed by atoms with van der Waals surface area (Å²) in [6, 6.07) is 8.93. The van der Waals surface area contributed by atoms with Crippen LogP contribution in [0.1, 0.15) is 48.4 Å². The highest BCUT2D eigenvalue weighted by Crippen LogP contribution is 2.22. The fourth-order valence-corrected chi connectivity index (χ4v) is 2.60. The largest absolute Gasteiger partial charge is 0.332 e. The van der Waals surface area contributed by atoms with E-state index in [0.717, 1.165) is 11.3 Å². The van der Waals surface area contributed by atoms with Crippen LogP contribution in [-0.4, -0.2) is 22.3 Å². The standard InChI is InChI=1S/C18H21FN2O2/c1-4-16-10-14(11-17(22)20-16)18(23)21(5-2)12(3)13-6-8-15(19)9-7-13/h6-12H,4-5H2,1-3H3,(H,20,22)/t12-/m1/s1. The fraction of sp³-hybridized carbons (Fsp3) is 0.333. The van der Waals surface area contributed by atoms with Crippen LogP contribution in [0.5, 0.6) is 0 Å². The molecule has 4 nitrogen and oxygen atoms in total. The number of carbonyl (C=O) groups is 1. The van der Waals surface area contributed by atoms with Crippen molar-refractivity contribution in [3.63, 3.8) is 0 Å². The minimum absolute atomic E-state index is 0.204. The fourth-order valence-electron chi connectivity index (χ4n) is 2.60. The first-order valence-corrected chi connectivity index (χ1v) is 7.76. The Morgan fingerprint density at radius 3 is 2.43 bits per heavy atom. The number of pyridine rings is 1. The van der Waals surface area contributed by atoms with Gasteiger partial charge in [-0.2, -0.15) is 0 Å². The minimum Gasteiger partial charge on any atom is -0.332 e. The van der Waals surface area contributed by atoms with Gasteiger partial charge in [-0.3, -0.25) is 9.59 Å². The quantitative estimate of drug-likeness (QED) is 0.920. The summed E-state index contributed by atoms with van der Waals surface area (Å²) in [5, 5.41) is 0. The van der Waals surface area contributed by atoms with Gasteiger partial charge in [-0.15, -0.1) is 0 Å². The van der Waals surface area contributed by atoms with Gasteiger partial charge in [-0.05, 0) is 44.0 Å². The third-order valence-electron chi connectivity index (χ3n) is 3.95. The van der Waals surface area contributed by atoms with Gasteiger partial charge in [0.1, 0.15) is 5.82 Å². The molecule has 0 saturated heterocycles. The molecule has 2 rings (SSSR count). The van der Waals surface area contributed by atoms with Crippen LogP contribution in [-0.2, 0) is 6.42 Å². The molecule has 0 radical (unpaired) electrons. The van der Waals surface area contributed by atoms with Crippen LogP contribution in [0.2, 0.25) is 0 Å². The van der Waals surface area contributed by atoms with E-state index >= 15 is 0 Å². The first kappa shape index (κ1) is 16.9. The number of aryl methyl sites for hydroxylation is 1. The molecule has 0 spiro atoms. The average Bonchev–Trinajstić information content (AvgIpc) is 2.55. The minimum atomic E-state index is -0.308. The molecule has 0 bridgehead atoms. The molecule has 0 saturated carbocycles. The van der Waals surface area contributed by atoms with Gasteiger partial charge in [-0.25, -0.2) is 4.39 Å². The van der Waals surface area contributed by atoms with Gasteiger partial charge in [-0.1, -0.05) is 19.1 Å². The van der Waals surface area contributed by atoms with Crippen molar-refractivity contribution in [1.82, 2.24) is 9.88 Å². The van der Waals surface area contributed by atoms with Crippen LogP contribution in [0.4, 0.5) is 4.39 Å². The van der Waals surface area contributed by atoms with E-state index in [4.69, 9.17) is 0 Å². The van der Waals surface area contributed by atoms with Crippen molar-refractivity contribution in [3.05, 3.63) is 69.4 Å². The van der Waals surface area contributed by atoms with E-state index in [1.807, 2.05) is 20.8 Å². The molecule has 1 heterocycles. The third-order valence-corrected chi connectivity index (χ3v) is 3.95. The second kappa shape index (κ2) is 7.22. The molecule has 5 heteroatoms. The topological polar surface area (TPSA) is 53.2 Å².